The Kier molecular flexibility index (Phi) is 29.9. The number of hydrogen-bond acceptors (Lipinski definition) is 25. The second-order valence-corrected chi connectivity index (χ2v) is 30.0. The van der Waals surface area contributed by atoms with E-state index in [0.29, 0.717) is 135 Å². The molecule has 0 spiro atoms. The number of nitrogen functional groups attached to an aromatic ring is 4. The summed E-state index contributed by atoms with van der Waals surface area (Å²) in [5, 5.41) is 20.5. The largest absolute Gasteiger partial charge is 0.395 e. The van der Waals surface area contributed by atoms with Gasteiger partial charge in [0.15, 0.2) is 88.6 Å². The Hall–Kier alpha value is -8.96. The predicted molar refractivity (Wildman–Crippen MR) is 424 cm³/mol. The lowest BCUT2D eigenvalue weighted by Gasteiger charge is -2.19. The zero-order valence-corrected chi connectivity index (χ0v) is 65.2. The number of likely N-dealkylation sites (N-methyl/N-ethyl adjacent to an activating group) is 1. The Labute approximate surface area is 642 Å². The molecule has 0 saturated carbocycles. The average molecular weight is 1550 g/mol. The first-order valence-electron chi connectivity index (χ1n) is 33.9. The number of fused-ring (bicyclic) bond motifs is 4. The molecule has 0 saturated heterocycles. The number of aryl methyl sites for hydroxylation is 6. The molecule has 0 aliphatic carbocycles. The van der Waals surface area contributed by atoms with Gasteiger partial charge in [-0.2, -0.15) is 0 Å². The van der Waals surface area contributed by atoms with Crippen LogP contribution in [0, 0.1) is 64.0 Å². The molecule has 0 radical (unpaired) electrons. The van der Waals surface area contributed by atoms with Gasteiger partial charge in [0.25, 0.3) is 0 Å². The van der Waals surface area contributed by atoms with Crippen LogP contribution in [-0.4, -0.2) is 165 Å². The van der Waals surface area contributed by atoms with Gasteiger partial charge in [-0.25, -0.2) is 68.6 Å². The number of aliphatic hydroxyl groups is 1. The van der Waals surface area contributed by atoms with Crippen LogP contribution < -0.4 is 33.6 Å². The highest BCUT2D eigenvalue weighted by Crippen LogP contribution is 2.38. The Balaban J connectivity index is 0.000000164. The monoisotopic (exact) mass is 1550 g/mol. The van der Waals surface area contributed by atoms with E-state index in [9.17, 15) is 13.9 Å². The normalized spacial score (nSPS) is 11.4. The van der Waals surface area contributed by atoms with Gasteiger partial charge in [-0.05, 0) is 161 Å². The fourth-order valence-corrected chi connectivity index (χ4v) is 15.0. The van der Waals surface area contributed by atoms with E-state index in [0.717, 1.165) is 103 Å². The molecule has 0 atom stereocenters. The van der Waals surface area contributed by atoms with Crippen molar-refractivity contribution >= 4 is 138 Å². The number of halogens is 4. The van der Waals surface area contributed by atoms with Crippen molar-refractivity contribution in [3.63, 3.8) is 0 Å². The maximum atomic E-state index is 14.3. The zero-order valence-electron chi connectivity index (χ0n) is 60.4. The molecule has 12 aromatic rings. The SMILES string of the molecule is C#CCN(C)CCn1c(Sc2ccc(Cl)cc2C)nc2c(N)ncnc21.C#CCN(CCO)CCn1c(Sc2ccc(Cl)cc2C)nc2c(N)ncnc21.Cc1cc(F)ccc1Sc1nc2c(N)ncnc2n1CCCNC(C)C.Cc1ccc(Sc2nc3c(N)ncnc3n2CCCNC(C)C)c(F)c1. The molecular weight excluding hydrogens is 1470 g/mol. The lowest BCUT2D eigenvalue weighted by molar-refractivity contribution is 0.205. The van der Waals surface area contributed by atoms with Crippen molar-refractivity contribution in [3.05, 3.63) is 142 Å². The third-order valence-corrected chi connectivity index (χ3v) is 21.1. The van der Waals surface area contributed by atoms with E-state index < -0.39 is 0 Å². The molecule has 0 amide bonds. The molecule has 12 rings (SSSR count). The molecule has 106 heavy (non-hydrogen) atoms. The highest BCUT2D eigenvalue weighted by molar-refractivity contribution is 8.00. The smallest absolute Gasteiger partial charge is 0.175 e. The molecule has 25 nitrogen and oxygen atoms in total. The van der Waals surface area contributed by atoms with Gasteiger partial charge in [0, 0.05) is 82.6 Å². The summed E-state index contributed by atoms with van der Waals surface area (Å²) >= 11 is 18.0. The number of benzene rings is 4. The number of hydrogen-bond donors (Lipinski definition) is 7. The molecular formula is C73H86Cl2F2N24OS4. The van der Waals surface area contributed by atoms with Crippen molar-refractivity contribution < 1.29 is 13.9 Å². The first-order chi connectivity index (χ1) is 50.9. The van der Waals surface area contributed by atoms with Crippen molar-refractivity contribution in [2.24, 2.45) is 0 Å². The van der Waals surface area contributed by atoms with Gasteiger partial charge in [0.2, 0.25) is 0 Å². The third-order valence-electron chi connectivity index (χ3n) is 16.1. The number of aromatic nitrogens is 16. The average Bonchev–Trinajstić information content (AvgIpc) is 1.66. The number of rotatable bonds is 28. The number of aliphatic hydroxyl groups excluding tert-OH is 1. The van der Waals surface area contributed by atoms with Crippen LogP contribution in [0.4, 0.5) is 32.1 Å². The van der Waals surface area contributed by atoms with Crippen molar-refractivity contribution in [2.45, 2.75) is 147 Å². The lowest BCUT2D eigenvalue weighted by atomic mass is 10.2. The third kappa shape index (κ3) is 21.9. The van der Waals surface area contributed by atoms with Gasteiger partial charge in [-0.1, -0.05) is 104 Å². The van der Waals surface area contributed by atoms with Crippen LogP contribution in [0.15, 0.2) is 138 Å². The van der Waals surface area contributed by atoms with Crippen LogP contribution in [-0.2, 0) is 26.2 Å². The lowest BCUT2D eigenvalue weighted by Crippen LogP contribution is -2.31. The quantitative estimate of drug-likeness (QED) is 0.0177. The minimum absolute atomic E-state index is 0.0487. The summed E-state index contributed by atoms with van der Waals surface area (Å²) in [5.74, 6) is 6.19. The van der Waals surface area contributed by atoms with Gasteiger partial charge in [0.05, 0.1) is 24.6 Å². The fourth-order valence-electron chi connectivity index (χ4n) is 10.7. The van der Waals surface area contributed by atoms with E-state index in [1.807, 2.05) is 91.2 Å². The number of imidazole rings is 4. The summed E-state index contributed by atoms with van der Waals surface area (Å²) in [4.78, 5) is 59.9. The summed E-state index contributed by atoms with van der Waals surface area (Å²) in [7, 11) is 1.98. The van der Waals surface area contributed by atoms with Crippen molar-refractivity contribution in [2.75, 3.05) is 82.4 Å². The van der Waals surface area contributed by atoms with E-state index in [2.05, 4.69) is 124 Å². The predicted octanol–water partition coefficient (Wildman–Crippen LogP) is 12.3. The van der Waals surface area contributed by atoms with Crippen LogP contribution in [0.5, 0.6) is 0 Å². The van der Waals surface area contributed by atoms with Crippen molar-refractivity contribution in [1.29, 1.82) is 0 Å². The van der Waals surface area contributed by atoms with Crippen LogP contribution >= 0.6 is 70.2 Å². The molecule has 0 aliphatic rings. The minimum atomic E-state index is -0.255. The standard InChI is InChI=1S/C19H21ClN6OS.C18H19ClN6S.2C18H23FN6S/c1-3-6-25(9-10-27)7-8-26-18-16(17(21)22-12-23-18)24-19(26)28-15-5-4-14(20)11-13(15)2;1-4-7-24(3)8-9-25-17-15(16(20)21-11-22-17)23-18(25)26-14-6-5-13(19)10-12(14)2;1-11(2)21-7-4-8-25-17-15(16(20)22-10-23-17)24-18(25)26-14-6-5-13(19)9-12(14)3;1-11(2)21-7-4-8-25-17-15(16(20)22-10-23-17)24-18(25)26-14-6-5-12(3)9-13(14)19/h1,4-5,11-12,27H,6-10H2,2H3,(H2,21,22,23);1,5-6,10-11H,7-9H2,2-3H3,(H2,20,21,22);2*5-6,9-11,21H,4,7-8H2,1-3H3,(H2,20,22,23). The first-order valence-corrected chi connectivity index (χ1v) is 37.9. The second-order valence-electron chi connectivity index (χ2n) is 25.1. The summed E-state index contributed by atoms with van der Waals surface area (Å²) < 4.78 is 35.8. The van der Waals surface area contributed by atoms with Gasteiger partial charge in [-0.3, -0.25) is 9.80 Å². The first kappa shape index (κ1) is 81.1. The Morgan fingerprint density at radius 3 is 1.23 bits per heavy atom. The van der Waals surface area contributed by atoms with Crippen LogP contribution in [0.3, 0.4) is 0 Å². The topological polar surface area (TPSA) is 329 Å². The Morgan fingerprint density at radius 2 is 0.858 bits per heavy atom. The summed E-state index contributed by atoms with van der Waals surface area (Å²) in [6, 6.07) is 22.4. The summed E-state index contributed by atoms with van der Waals surface area (Å²) in [5.41, 5.74) is 33.0. The van der Waals surface area contributed by atoms with E-state index in [1.165, 1.54) is 78.8 Å². The number of nitrogens with zero attached hydrogens (tertiary/aromatic N) is 18. The van der Waals surface area contributed by atoms with Crippen LogP contribution in [0.1, 0.15) is 62.8 Å². The molecule has 11 N–H and O–H groups in total. The molecule has 0 unspecified atom stereocenters. The van der Waals surface area contributed by atoms with Gasteiger partial charge < -0.3 is 56.9 Å². The van der Waals surface area contributed by atoms with Gasteiger partial charge in [-0.15, -0.1) is 12.8 Å². The molecule has 33 heteroatoms. The highest BCUT2D eigenvalue weighted by Gasteiger charge is 2.23. The molecule has 8 heterocycles. The van der Waals surface area contributed by atoms with Crippen LogP contribution in [0.25, 0.3) is 44.7 Å². The molecule has 8 aromatic heterocycles. The zero-order chi connectivity index (χ0) is 76.1. The van der Waals surface area contributed by atoms with E-state index >= 15 is 0 Å². The van der Waals surface area contributed by atoms with Gasteiger partial charge in [0.1, 0.15) is 36.9 Å². The molecule has 4 aromatic carbocycles. The van der Waals surface area contributed by atoms with Crippen LogP contribution in [0.2, 0.25) is 10.0 Å². The number of nitrogens with one attached hydrogen (secondary N) is 2. The Morgan fingerprint density at radius 1 is 0.491 bits per heavy atom. The maximum Gasteiger partial charge on any atom is 0.175 e. The molecule has 0 bridgehead atoms. The van der Waals surface area contributed by atoms with E-state index in [1.54, 1.807) is 23.9 Å². The number of anilines is 4. The number of nitrogens with two attached hydrogens (primary N) is 4. The number of terminal acetylenes is 2. The molecule has 0 fully saturated rings. The molecule has 556 valence electrons. The second kappa shape index (κ2) is 39.1. The summed E-state index contributed by atoms with van der Waals surface area (Å²) in [6.45, 7) is 23.8. The fraction of sp³-hybridized carbons (Fsp3) is 0.342. The maximum absolute atomic E-state index is 14.3. The minimum Gasteiger partial charge on any atom is -0.395 e. The van der Waals surface area contributed by atoms with E-state index in [-0.39, 0.29) is 18.2 Å². The van der Waals surface area contributed by atoms with E-state index in [4.69, 9.17) is 59.0 Å². The molecule has 0 aliphatic heterocycles. The van der Waals surface area contributed by atoms with Crippen molar-refractivity contribution in [3.8, 4) is 24.7 Å². The Bertz CT molecular complexity index is 4910. The van der Waals surface area contributed by atoms with Crippen molar-refractivity contribution in [1.82, 2.24) is 98.5 Å². The highest BCUT2D eigenvalue weighted by atomic mass is 35.5. The van der Waals surface area contributed by atoms with Gasteiger partial charge >= 0.3 is 0 Å². The summed E-state index contributed by atoms with van der Waals surface area (Å²) in [6.07, 6.45) is 18.4.